The van der Waals surface area contributed by atoms with Crippen molar-refractivity contribution in [2.24, 2.45) is 0 Å². The Labute approximate surface area is 89.7 Å². The molecule has 0 heterocycles. The zero-order valence-electron chi connectivity index (χ0n) is 8.90. The number of nitrogens with one attached hydrogen (secondary N) is 1. The topological polar surface area (TPSA) is 52.9 Å². The van der Waals surface area contributed by atoms with Crippen LogP contribution in [0.1, 0.15) is 25.3 Å². The second kappa shape index (κ2) is 5.16. The van der Waals surface area contributed by atoms with Crippen LogP contribution in [0.5, 0.6) is 0 Å². The predicted molar refractivity (Wildman–Crippen MR) is 58.1 cm³/mol. The Morgan fingerprint density at radius 1 is 1.40 bits per heavy atom. The van der Waals surface area contributed by atoms with Crippen LogP contribution in [0.25, 0.3) is 0 Å². The molecule has 0 aliphatic rings. The Hall–Kier alpha value is -1.82. The van der Waals surface area contributed by atoms with Gasteiger partial charge in [0, 0.05) is 13.0 Å². The van der Waals surface area contributed by atoms with Gasteiger partial charge in [-0.15, -0.1) is 0 Å². The molecule has 0 radical (unpaired) electrons. The molecule has 3 nitrogen and oxygen atoms in total. The molecule has 2 atom stereocenters. The normalized spacial score (nSPS) is 13.7. The summed E-state index contributed by atoms with van der Waals surface area (Å²) < 4.78 is 0. The van der Waals surface area contributed by atoms with Gasteiger partial charge in [0.2, 0.25) is 5.91 Å². The van der Waals surface area contributed by atoms with Gasteiger partial charge in [0.05, 0.1) is 12.0 Å². The van der Waals surface area contributed by atoms with E-state index in [2.05, 4.69) is 11.4 Å². The van der Waals surface area contributed by atoms with Crippen molar-refractivity contribution in [3.63, 3.8) is 0 Å². The summed E-state index contributed by atoms with van der Waals surface area (Å²) in [5.41, 5.74) is 0.932. The van der Waals surface area contributed by atoms with Gasteiger partial charge in [-0.25, -0.2) is 0 Å². The van der Waals surface area contributed by atoms with Crippen LogP contribution in [0.4, 0.5) is 0 Å². The van der Waals surface area contributed by atoms with E-state index in [4.69, 9.17) is 5.26 Å². The summed E-state index contributed by atoms with van der Waals surface area (Å²) in [5.74, 6) is -0.409. The van der Waals surface area contributed by atoms with Gasteiger partial charge < -0.3 is 5.32 Å². The van der Waals surface area contributed by atoms with E-state index >= 15 is 0 Å². The monoisotopic (exact) mass is 202 g/mol. The Morgan fingerprint density at radius 3 is 2.47 bits per heavy atom. The van der Waals surface area contributed by atoms with Crippen LogP contribution in [-0.2, 0) is 4.79 Å². The molecule has 1 N–H and O–H groups in total. The Balaban J connectivity index is 2.81. The van der Waals surface area contributed by atoms with Crippen molar-refractivity contribution >= 4 is 5.91 Å². The zero-order chi connectivity index (χ0) is 11.3. The molecule has 1 aromatic carbocycles. The van der Waals surface area contributed by atoms with E-state index in [1.54, 1.807) is 0 Å². The molecule has 0 bridgehead atoms. The maximum absolute atomic E-state index is 10.9. The maximum atomic E-state index is 10.9. The molecule has 0 saturated heterocycles. The molecule has 1 amide bonds. The highest BCUT2D eigenvalue weighted by Crippen LogP contribution is 2.18. The number of nitriles is 1. The van der Waals surface area contributed by atoms with E-state index in [1.807, 2.05) is 37.3 Å². The lowest BCUT2D eigenvalue weighted by Crippen LogP contribution is -2.34. The molecule has 0 aromatic heterocycles. The standard InChI is InChI=1S/C12H14N2O/c1-9(14-10(2)15)12(8-13)11-6-4-3-5-7-11/h3-7,9,12H,1-2H3,(H,14,15). The molecule has 2 unspecified atom stereocenters. The third-order valence-electron chi connectivity index (χ3n) is 2.23. The van der Waals surface area contributed by atoms with Crippen molar-refractivity contribution in [1.82, 2.24) is 5.32 Å². The summed E-state index contributed by atoms with van der Waals surface area (Å²) in [4.78, 5) is 10.9. The molecule has 78 valence electrons. The summed E-state index contributed by atoms with van der Waals surface area (Å²) in [5, 5.41) is 11.8. The summed E-state index contributed by atoms with van der Waals surface area (Å²) in [6.45, 7) is 3.29. The molecule has 0 aliphatic carbocycles. The third-order valence-corrected chi connectivity index (χ3v) is 2.23. The molecular formula is C12H14N2O. The van der Waals surface area contributed by atoms with Crippen LogP contribution < -0.4 is 5.32 Å². The van der Waals surface area contributed by atoms with Crippen LogP contribution in [0.3, 0.4) is 0 Å². The van der Waals surface area contributed by atoms with Crippen molar-refractivity contribution in [2.75, 3.05) is 0 Å². The largest absolute Gasteiger partial charge is 0.352 e. The third kappa shape index (κ3) is 3.10. The lowest BCUT2D eigenvalue weighted by molar-refractivity contribution is -0.119. The second-order valence-electron chi connectivity index (χ2n) is 3.51. The number of amides is 1. The smallest absolute Gasteiger partial charge is 0.217 e. The van der Waals surface area contributed by atoms with Crippen molar-refractivity contribution in [3.8, 4) is 6.07 Å². The van der Waals surface area contributed by atoms with Crippen LogP contribution in [0.15, 0.2) is 30.3 Å². The van der Waals surface area contributed by atoms with Gasteiger partial charge in [0.1, 0.15) is 0 Å². The number of hydrogen-bond acceptors (Lipinski definition) is 2. The maximum Gasteiger partial charge on any atom is 0.217 e. The molecule has 15 heavy (non-hydrogen) atoms. The van der Waals surface area contributed by atoms with Crippen LogP contribution in [-0.4, -0.2) is 11.9 Å². The van der Waals surface area contributed by atoms with E-state index in [-0.39, 0.29) is 17.9 Å². The first kappa shape index (κ1) is 11.3. The number of hydrogen-bond donors (Lipinski definition) is 1. The number of carbonyl (C=O) groups is 1. The summed E-state index contributed by atoms with van der Waals surface area (Å²) >= 11 is 0. The van der Waals surface area contributed by atoms with Gasteiger partial charge in [-0.2, -0.15) is 5.26 Å². The quantitative estimate of drug-likeness (QED) is 0.812. The Kier molecular flexibility index (Phi) is 3.87. The Bertz CT molecular complexity index is 367. The molecule has 1 aromatic rings. The minimum Gasteiger partial charge on any atom is -0.352 e. The predicted octanol–water partition coefficient (Wildman–Crippen LogP) is 1.82. The zero-order valence-corrected chi connectivity index (χ0v) is 8.90. The van der Waals surface area contributed by atoms with E-state index in [0.29, 0.717) is 0 Å². The minimum atomic E-state index is -0.296. The minimum absolute atomic E-state index is 0.112. The van der Waals surface area contributed by atoms with Crippen molar-refractivity contribution in [3.05, 3.63) is 35.9 Å². The van der Waals surface area contributed by atoms with Gasteiger partial charge in [0.25, 0.3) is 0 Å². The molecule has 0 fully saturated rings. The highest BCUT2D eigenvalue weighted by atomic mass is 16.1. The lowest BCUT2D eigenvalue weighted by atomic mass is 9.94. The van der Waals surface area contributed by atoms with Crippen molar-refractivity contribution < 1.29 is 4.79 Å². The summed E-state index contributed by atoms with van der Waals surface area (Å²) in [7, 11) is 0. The van der Waals surface area contributed by atoms with E-state index in [1.165, 1.54) is 6.92 Å². The summed E-state index contributed by atoms with van der Waals surface area (Å²) in [6, 6.07) is 11.5. The fourth-order valence-corrected chi connectivity index (χ4v) is 1.54. The molecular weight excluding hydrogens is 188 g/mol. The number of rotatable bonds is 3. The van der Waals surface area contributed by atoms with Crippen molar-refractivity contribution in [2.45, 2.75) is 25.8 Å². The molecule has 1 rings (SSSR count). The SMILES string of the molecule is CC(=O)NC(C)C(C#N)c1ccccc1. The van der Waals surface area contributed by atoms with E-state index in [0.717, 1.165) is 5.56 Å². The molecule has 0 spiro atoms. The van der Waals surface area contributed by atoms with Gasteiger partial charge in [0.15, 0.2) is 0 Å². The highest BCUT2D eigenvalue weighted by molar-refractivity contribution is 5.73. The Morgan fingerprint density at radius 2 is 2.00 bits per heavy atom. The first-order valence-corrected chi connectivity index (χ1v) is 4.87. The first-order chi connectivity index (χ1) is 7.15. The van der Waals surface area contributed by atoms with Crippen LogP contribution >= 0.6 is 0 Å². The summed E-state index contributed by atoms with van der Waals surface area (Å²) in [6.07, 6.45) is 0. The number of carbonyl (C=O) groups excluding carboxylic acids is 1. The van der Waals surface area contributed by atoms with Gasteiger partial charge in [-0.05, 0) is 12.5 Å². The first-order valence-electron chi connectivity index (χ1n) is 4.87. The average Bonchev–Trinajstić information content (AvgIpc) is 2.19. The number of benzene rings is 1. The van der Waals surface area contributed by atoms with Gasteiger partial charge in [-0.1, -0.05) is 30.3 Å². The number of nitrogens with zero attached hydrogens (tertiary/aromatic N) is 1. The fraction of sp³-hybridized carbons (Fsp3) is 0.333. The van der Waals surface area contributed by atoms with E-state index in [9.17, 15) is 4.79 Å². The fourth-order valence-electron chi connectivity index (χ4n) is 1.54. The molecule has 0 saturated carbocycles. The highest BCUT2D eigenvalue weighted by Gasteiger charge is 2.18. The van der Waals surface area contributed by atoms with Gasteiger partial charge >= 0.3 is 0 Å². The van der Waals surface area contributed by atoms with Crippen LogP contribution in [0.2, 0.25) is 0 Å². The second-order valence-corrected chi connectivity index (χ2v) is 3.51. The molecule has 0 aliphatic heterocycles. The molecule has 3 heteroatoms. The van der Waals surface area contributed by atoms with Gasteiger partial charge in [-0.3, -0.25) is 4.79 Å². The van der Waals surface area contributed by atoms with Crippen LogP contribution in [0, 0.1) is 11.3 Å². The van der Waals surface area contributed by atoms with Crippen molar-refractivity contribution in [1.29, 1.82) is 5.26 Å². The average molecular weight is 202 g/mol. The lowest BCUT2D eigenvalue weighted by Gasteiger charge is -2.18. The van der Waals surface area contributed by atoms with E-state index < -0.39 is 0 Å².